The summed E-state index contributed by atoms with van der Waals surface area (Å²) in [5.41, 5.74) is -4.00. The summed E-state index contributed by atoms with van der Waals surface area (Å²) in [4.78, 5) is 27.4. The van der Waals surface area contributed by atoms with Crippen LogP contribution in [0.1, 0.15) is 35.3 Å². The Bertz CT molecular complexity index is 1280. The average Bonchev–Trinajstić information content (AvgIpc) is 2.99. The summed E-state index contributed by atoms with van der Waals surface area (Å²) >= 11 is 5.38. The van der Waals surface area contributed by atoms with Crippen molar-refractivity contribution in [3.8, 4) is 6.07 Å². The minimum Gasteiger partial charge on any atom is -0.459 e. The Morgan fingerprint density at radius 3 is 2.42 bits per heavy atom. The number of aliphatic hydroxyl groups is 2. The van der Waals surface area contributed by atoms with Crippen LogP contribution in [-0.2, 0) is 15.7 Å². The Balaban J connectivity index is 1.98. The second-order valence-corrected chi connectivity index (χ2v) is 8.62. The van der Waals surface area contributed by atoms with Gasteiger partial charge in [-0.25, -0.2) is 9.18 Å². The third-order valence-corrected chi connectivity index (χ3v) is 5.77. The molecule has 1 atom stereocenters. The van der Waals surface area contributed by atoms with E-state index in [0.717, 1.165) is 29.2 Å². The molecule has 0 spiro atoms. The molecule has 0 bridgehead atoms. The highest BCUT2D eigenvalue weighted by molar-refractivity contribution is 7.81. The van der Waals surface area contributed by atoms with Gasteiger partial charge in [-0.2, -0.15) is 18.4 Å². The fourth-order valence-corrected chi connectivity index (χ4v) is 4.09. The smallest absolute Gasteiger partial charge is 0.417 e. The van der Waals surface area contributed by atoms with E-state index in [-0.39, 0.29) is 16.5 Å². The Kier molecular flexibility index (Phi) is 7.35. The van der Waals surface area contributed by atoms with Crippen molar-refractivity contribution in [2.45, 2.75) is 31.7 Å². The number of esters is 1. The molecule has 1 saturated heterocycles. The number of nitriles is 1. The molecule has 0 aliphatic carbocycles. The number of anilines is 2. The Morgan fingerprint density at radius 2 is 1.86 bits per heavy atom. The summed E-state index contributed by atoms with van der Waals surface area (Å²) < 4.78 is 59.9. The second-order valence-electron chi connectivity index (χ2n) is 8.26. The van der Waals surface area contributed by atoms with Gasteiger partial charge in [0.25, 0.3) is 5.91 Å². The van der Waals surface area contributed by atoms with E-state index >= 15 is 0 Å². The summed E-state index contributed by atoms with van der Waals surface area (Å²) in [5.74, 6) is -2.85. The zero-order valence-corrected chi connectivity index (χ0v) is 19.7. The topological polar surface area (TPSA) is 114 Å². The number of thiocarbonyl (C=S) groups is 1. The molecule has 36 heavy (non-hydrogen) atoms. The van der Waals surface area contributed by atoms with Crippen molar-refractivity contribution in [3.05, 3.63) is 58.9 Å². The third kappa shape index (κ3) is 4.88. The summed E-state index contributed by atoms with van der Waals surface area (Å²) in [6.45, 7) is 1.65. The third-order valence-electron chi connectivity index (χ3n) is 5.40. The van der Waals surface area contributed by atoms with E-state index < -0.39 is 65.4 Å². The summed E-state index contributed by atoms with van der Waals surface area (Å²) in [7, 11) is 0. The van der Waals surface area contributed by atoms with Crippen LogP contribution in [0.25, 0.3) is 0 Å². The number of hydrogen-bond acceptors (Lipinski definition) is 7. The van der Waals surface area contributed by atoms with E-state index in [1.54, 1.807) is 0 Å². The van der Waals surface area contributed by atoms with Gasteiger partial charge < -0.3 is 19.8 Å². The number of hydrogen-bond donors (Lipinski definition) is 2. The number of amides is 1. The number of aliphatic hydroxyl groups excluding tert-OH is 2. The first-order chi connectivity index (χ1) is 16.7. The molecule has 0 radical (unpaired) electrons. The van der Waals surface area contributed by atoms with Gasteiger partial charge in [-0.1, -0.05) is 0 Å². The fraction of sp³-hybridized carbons (Fsp3) is 0.304. The lowest BCUT2D eigenvalue weighted by Crippen LogP contribution is -2.44. The lowest BCUT2D eigenvalue weighted by Gasteiger charge is -2.29. The van der Waals surface area contributed by atoms with Gasteiger partial charge in [0.05, 0.1) is 35.1 Å². The van der Waals surface area contributed by atoms with E-state index in [9.17, 15) is 32.3 Å². The lowest BCUT2D eigenvalue weighted by molar-refractivity contribution is -0.137. The van der Waals surface area contributed by atoms with Crippen LogP contribution in [0.4, 0.5) is 28.9 Å². The van der Waals surface area contributed by atoms with Crippen LogP contribution < -0.4 is 9.80 Å². The number of carbonyl (C=O) groups is 2. The van der Waals surface area contributed by atoms with Gasteiger partial charge >= 0.3 is 12.1 Å². The largest absolute Gasteiger partial charge is 0.459 e. The standard InChI is InChI=1S/C23H19F4N3O5S/c1-22(2)20(34)29(13-4-3-12(9-28)17(7-13)23(25,26)27)21(36)30(22)14-5-6-16(18(24)8-14)19(33)35-11-15(32)10-31/h3-8,15,31-32H,10-11H2,1-2H3. The van der Waals surface area contributed by atoms with Crippen molar-refractivity contribution in [2.75, 3.05) is 23.0 Å². The number of ether oxygens (including phenoxy) is 1. The molecule has 13 heteroatoms. The van der Waals surface area contributed by atoms with Gasteiger partial charge in [0, 0.05) is 5.69 Å². The molecule has 0 saturated carbocycles. The van der Waals surface area contributed by atoms with Gasteiger partial charge in [-0.3, -0.25) is 9.69 Å². The van der Waals surface area contributed by atoms with Gasteiger partial charge in [-0.15, -0.1) is 0 Å². The second kappa shape index (κ2) is 9.81. The highest BCUT2D eigenvalue weighted by Crippen LogP contribution is 2.39. The number of alkyl halides is 3. The normalized spacial score (nSPS) is 16.2. The van der Waals surface area contributed by atoms with Gasteiger partial charge in [0.1, 0.15) is 24.1 Å². The molecule has 1 unspecified atom stereocenters. The molecular formula is C23H19F4N3O5S. The van der Waals surface area contributed by atoms with Gasteiger partial charge in [0.15, 0.2) is 5.11 Å². The molecule has 1 amide bonds. The van der Waals surface area contributed by atoms with Gasteiger partial charge in [-0.05, 0) is 62.5 Å². The van der Waals surface area contributed by atoms with Crippen molar-refractivity contribution >= 4 is 40.6 Å². The van der Waals surface area contributed by atoms with E-state index in [1.165, 1.54) is 30.9 Å². The highest BCUT2D eigenvalue weighted by atomic mass is 32.1. The molecule has 1 aliphatic rings. The summed E-state index contributed by atoms with van der Waals surface area (Å²) in [6, 6.07) is 7.42. The molecule has 1 aliphatic heterocycles. The molecule has 8 nitrogen and oxygen atoms in total. The Labute approximate surface area is 207 Å². The van der Waals surface area contributed by atoms with Crippen molar-refractivity contribution in [1.82, 2.24) is 0 Å². The molecule has 1 heterocycles. The van der Waals surface area contributed by atoms with Crippen molar-refractivity contribution in [3.63, 3.8) is 0 Å². The first-order valence-electron chi connectivity index (χ1n) is 10.3. The predicted octanol–water partition coefficient (Wildman–Crippen LogP) is 3.14. The summed E-state index contributed by atoms with van der Waals surface area (Å²) in [6.07, 6.45) is -6.20. The maximum Gasteiger partial charge on any atom is 0.417 e. The molecular weight excluding hydrogens is 506 g/mol. The van der Waals surface area contributed by atoms with Crippen LogP contribution in [0, 0.1) is 17.1 Å². The van der Waals surface area contributed by atoms with E-state index in [1.807, 2.05) is 0 Å². The van der Waals surface area contributed by atoms with Crippen LogP contribution in [0.2, 0.25) is 0 Å². The fourth-order valence-electron chi connectivity index (χ4n) is 3.57. The molecule has 3 rings (SSSR count). The number of carbonyl (C=O) groups excluding carboxylic acids is 2. The van der Waals surface area contributed by atoms with E-state index in [2.05, 4.69) is 0 Å². The van der Waals surface area contributed by atoms with Crippen LogP contribution in [0.15, 0.2) is 36.4 Å². The van der Waals surface area contributed by atoms with Crippen molar-refractivity contribution in [1.29, 1.82) is 5.26 Å². The minimum atomic E-state index is -4.86. The van der Waals surface area contributed by atoms with Crippen molar-refractivity contribution in [2.24, 2.45) is 0 Å². The number of rotatable bonds is 6. The Hall–Kier alpha value is -3.60. The molecule has 2 N–H and O–H groups in total. The molecule has 2 aromatic rings. The quantitative estimate of drug-likeness (QED) is 0.336. The molecule has 2 aromatic carbocycles. The van der Waals surface area contributed by atoms with Crippen LogP contribution >= 0.6 is 12.2 Å². The number of benzene rings is 2. The zero-order chi connectivity index (χ0) is 27.0. The van der Waals surface area contributed by atoms with Crippen molar-refractivity contribution < 1.29 is 42.1 Å². The van der Waals surface area contributed by atoms with E-state index in [4.69, 9.17) is 27.3 Å². The van der Waals surface area contributed by atoms with Crippen LogP contribution in [0.5, 0.6) is 0 Å². The van der Waals surface area contributed by atoms with Crippen LogP contribution in [0.3, 0.4) is 0 Å². The zero-order valence-electron chi connectivity index (χ0n) is 18.8. The summed E-state index contributed by atoms with van der Waals surface area (Å²) in [5, 5.41) is 26.8. The monoisotopic (exact) mass is 525 g/mol. The Morgan fingerprint density at radius 1 is 1.22 bits per heavy atom. The maximum absolute atomic E-state index is 14.8. The predicted molar refractivity (Wildman–Crippen MR) is 123 cm³/mol. The first-order valence-corrected chi connectivity index (χ1v) is 10.7. The van der Waals surface area contributed by atoms with E-state index in [0.29, 0.717) is 6.07 Å². The highest BCUT2D eigenvalue weighted by Gasteiger charge is 2.51. The number of halogens is 4. The number of nitrogens with zero attached hydrogens (tertiary/aromatic N) is 3. The molecule has 0 aromatic heterocycles. The van der Waals surface area contributed by atoms with Gasteiger partial charge in [0.2, 0.25) is 0 Å². The first kappa shape index (κ1) is 27.0. The molecule has 1 fully saturated rings. The molecule has 190 valence electrons. The van der Waals surface area contributed by atoms with Crippen LogP contribution in [-0.4, -0.2) is 52.1 Å². The maximum atomic E-state index is 14.8. The minimum absolute atomic E-state index is 0.0370. The average molecular weight is 525 g/mol. The SMILES string of the molecule is CC1(C)C(=O)N(c2ccc(C#N)c(C(F)(F)F)c2)C(=S)N1c1ccc(C(=O)OCC(O)CO)c(F)c1. The lowest BCUT2D eigenvalue weighted by atomic mass is 10.0.